The molecule has 0 aliphatic rings. The molecule has 0 atom stereocenters. The molecule has 94 valence electrons. The van der Waals surface area contributed by atoms with E-state index in [1.807, 2.05) is 0 Å². The zero-order valence-electron chi connectivity index (χ0n) is 10.0. The molecule has 0 aliphatic heterocycles. The lowest BCUT2D eigenvalue weighted by atomic mass is 10.00. The van der Waals surface area contributed by atoms with E-state index in [1.165, 1.54) is 17.9 Å². The number of carbonyl (C=O) groups excluding carboxylic acids is 1. The molecule has 3 nitrogen and oxygen atoms in total. The van der Waals surface area contributed by atoms with Crippen LogP contribution in [0.5, 0.6) is 0 Å². The van der Waals surface area contributed by atoms with Crippen molar-refractivity contribution >= 4 is 5.78 Å². The first-order chi connectivity index (χ1) is 8.50. The van der Waals surface area contributed by atoms with E-state index in [4.69, 9.17) is 0 Å². The van der Waals surface area contributed by atoms with E-state index in [2.05, 4.69) is 5.10 Å². The number of alkyl halides is 2. The molecule has 0 bridgehead atoms. The standard InChI is InChI=1S/C13H12F2N2O/c1-8-5-3-4-6-9(8)12(18)10-7-17(2)16-11(10)13(14)15/h3-7,13H,1-2H3. The van der Waals surface area contributed by atoms with Crippen LogP contribution >= 0.6 is 0 Å². The number of nitrogens with zero attached hydrogens (tertiary/aromatic N) is 2. The molecule has 5 heteroatoms. The van der Waals surface area contributed by atoms with Gasteiger partial charge < -0.3 is 0 Å². The zero-order chi connectivity index (χ0) is 13.3. The molecule has 0 saturated carbocycles. The Bertz CT molecular complexity index is 590. The van der Waals surface area contributed by atoms with Crippen molar-refractivity contribution in [2.75, 3.05) is 0 Å². The maximum atomic E-state index is 12.8. The highest BCUT2D eigenvalue weighted by Crippen LogP contribution is 2.24. The fourth-order valence-electron chi connectivity index (χ4n) is 1.81. The first kappa shape index (κ1) is 12.4. The maximum absolute atomic E-state index is 12.8. The predicted octanol–water partition coefficient (Wildman–Crippen LogP) is 2.90. The molecular formula is C13H12F2N2O. The number of halogens is 2. The zero-order valence-corrected chi connectivity index (χ0v) is 10.0. The average molecular weight is 250 g/mol. The summed E-state index contributed by atoms with van der Waals surface area (Å²) in [7, 11) is 1.51. The maximum Gasteiger partial charge on any atom is 0.282 e. The van der Waals surface area contributed by atoms with Gasteiger partial charge in [-0.25, -0.2) is 8.78 Å². The molecule has 0 aliphatic carbocycles. The highest BCUT2D eigenvalue weighted by molar-refractivity contribution is 6.10. The topological polar surface area (TPSA) is 34.9 Å². The van der Waals surface area contributed by atoms with Crippen LogP contribution in [0.1, 0.15) is 33.6 Å². The minimum Gasteiger partial charge on any atom is -0.288 e. The summed E-state index contributed by atoms with van der Waals surface area (Å²) in [4.78, 5) is 12.2. The van der Waals surface area contributed by atoms with Crippen LogP contribution in [0.4, 0.5) is 8.78 Å². The molecule has 2 rings (SSSR count). The van der Waals surface area contributed by atoms with Crippen molar-refractivity contribution in [1.29, 1.82) is 0 Å². The number of ketones is 1. The summed E-state index contributed by atoms with van der Waals surface area (Å²) in [6, 6.07) is 6.90. The molecule has 18 heavy (non-hydrogen) atoms. The summed E-state index contributed by atoms with van der Waals surface area (Å²) < 4.78 is 26.8. The Labute approximate surface area is 103 Å². The van der Waals surface area contributed by atoms with E-state index in [9.17, 15) is 13.6 Å². The quantitative estimate of drug-likeness (QED) is 0.785. The van der Waals surface area contributed by atoms with Gasteiger partial charge in [0.1, 0.15) is 5.69 Å². The second-order valence-corrected chi connectivity index (χ2v) is 4.05. The fraction of sp³-hybridized carbons (Fsp3) is 0.231. The molecule has 0 spiro atoms. The van der Waals surface area contributed by atoms with Gasteiger partial charge in [-0.15, -0.1) is 0 Å². The Kier molecular flexibility index (Phi) is 3.23. The van der Waals surface area contributed by atoms with Crippen LogP contribution in [-0.2, 0) is 7.05 Å². The molecule has 0 amide bonds. The fourth-order valence-corrected chi connectivity index (χ4v) is 1.81. The van der Waals surface area contributed by atoms with Gasteiger partial charge in [0.15, 0.2) is 5.78 Å². The molecule has 0 radical (unpaired) electrons. The monoisotopic (exact) mass is 250 g/mol. The van der Waals surface area contributed by atoms with Gasteiger partial charge in [0.05, 0.1) is 5.56 Å². The van der Waals surface area contributed by atoms with Gasteiger partial charge in [0.2, 0.25) is 0 Å². The molecular weight excluding hydrogens is 238 g/mol. The molecule has 0 unspecified atom stereocenters. The average Bonchev–Trinajstić information content (AvgIpc) is 2.71. The first-order valence-electron chi connectivity index (χ1n) is 5.42. The third-order valence-electron chi connectivity index (χ3n) is 2.70. The smallest absolute Gasteiger partial charge is 0.282 e. The molecule has 2 aromatic rings. The van der Waals surface area contributed by atoms with E-state index in [0.717, 1.165) is 5.56 Å². The number of aryl methyl sites for hydroxylation is 2. The van der Waals surface area contributed by atoms with Crippen LogP contribution in [0.25, 0.3) is 0 Å². The summed E-state index contributed by atoms with van der Waals surface area (Å²) in [5.41, 5.74) is 0.673. The van der Waals surface area contributed by atoms with Crippen molar-refractivity contribution in [3.8, 4) is 0 Å². The first-order valence-corrected chi connectivity index (χ1v) is 5.42. The second-order valence-electron chi connectivity index (χ2n) is 4.05. The van der Waals surface area contributed by atoms with E-state index in [-0.39, 0.29) is 5.56 Å². The van der Waals surface area contributed by atoms with Crippen molar-refractivity contribution in [3.63, 3.8) is 0 Å². The summed E-state index contributed by atoms with van der Waals surface area (Å²) >= 11 is 0. The highest BCUT2D eigenvalue weighted by atomic mass is 19.3. The minimum absolute atomic E-state index is 0.0400. The molecule has 1 heterocycles. The van der Waals surface area contributed by atoms with Crippen LogP contribution in [0.3, 0.4) is 0 Å². The Morgan fingerprint density at radius 2 is 1.94 bits per heavy atom. The minimum atomic E-state index is -2.76. The van der Waals surface area contributed by atoms with Gasteiger partial charge in [-0.05, 0) is 12.5 Å². The van der Waals surface area contributed by atoms with Gasteiger partial charge in [-0.1, -0.05) is 24.3 Å². The number of hydrogen-bond acceptors (Lipinski definition) is 2. The number of aromatic nitrogens is 2. The van der Waals surface area contributed by atoms with Gasteiger partial charge >= 0.3 is 0 Å². The molecule has 0 N–H and O–H groups in total. The molecule has 0 fully saturated rings. The number of benzene rings is 1. The number of hydrogen-bond donors (Lipinski definition) is 0. The van der Waals surface area contributed by atoms with Crippen LogP contribution in [-0.4, -0.2) is 15.6 Å². The number of carbonyl (C=O) groups is 1. The molecule has 1 aromatic heterocycles. The lowest BCUT2D eigenvalue weighted by molar-refractivity contribution is 0.102. The number of rotatable bonds is 3. The van der Waals surface area contributed by atoms with Gasteiger partial charge in [0, 0.05) is 18.8 Å². The van der Waals surface area contributed by atoms with Crippen LogP contribution in [0.15, 0.2) is 30.5 Å². The van der Waals surface area contributed by atoms with E-state index in [1.54, 1.807) is 31.2 Å². The SMILES string of the molecule is Cc1ccccc1C(=O)c1cn(C)nc1C(F)F. The van der Waals surface area contributed by atoms with E-state index >= 15 is 0 Å². The predicted molar refractivity (Wildman–Crippen MR) is 62.8 cm³/mol. The Morgan fingerprint density at radius 1 is 1.28 bits per heavy atom. The van der Waals surface area contributed by atoms with Crippen molar-refractivity contribution in [3.05, 3.63) is 52.8 Å². The Balaban J connectivity index is 2.50. The lowest BCUT2D eigenvalue weighted by Crippen LogP contribution is -2.05. The van der Waals surface area contributed by atoms with Crippen molar-refractivity contribution < 1.29 is 13.6 Å². The normalized spacial score (nSPS) is 10.9. The lowest BCUT2D eigenvalue weighted by Gasteiger charge is -2.04. The largest absolute Gasteiger partial charge is 0.288 e. The molecule has 0 saturated heterocycles. The molecule has 1 aromatic carbocycles. The van der Waals surface area contributed by atoms with Crippen molar-refractivity contribution in [1.82, 2.24) is 9.78 Å². The van der Waals surface area contributed by atoms with Gasteiger partial charge in [0.25, 0.3) is 6.43 Å². The summed E-state index contributed by atoms with van der Waals surface area (Å²) in [5.74, 6) is -0.420. The van der Waals surface area contributed by atoms with Crippen LogP contribution in [0.2, 0.25) is 0 Å². The third-order valence-corrected chi connectivity index (χ3v) is 2.70. The van der Waals surface area contributed by atoms with Crippen molar-refractivity contribution in [2.24, 2.45) is 7.05 Å². The Hall–Kier alpha value is -2.04. The van der Waals surface area contributed by atoms with Crippen molar-refractivity contribution in [2.45, 2.75) is 13.3 Å². The van der Waals surface area contributed by atoms with E-state index in [0.29, 0.717) is 5.56 Å². The van der Waals surface area contributed by atoms with Crippen LogP contribution < -0.4 is 0 Å². The van der Waals surface area contributed by atoms with Gasteiger partial charge in [-0.2, -0.15) is 5.10 Å². The van der Waals surface area contributed by atoms with Gasteiger partial charge in [-0.3, -0.25) is 9.48 Å². The van der Waals surface area contributed by atoms with Crippen LogP contribution in [0, 0.1) is 6.92 Å². The third kappa shape index (κ3) is 2.16. The summed E-state index contributed by atoms with van der Waals surface area (Å²) in [6.45, 7) is 1.77. The summed E-state index contributed by atoms with van der Waals surface area (Å²) in [5, 5.41) is 3.63. The van der Waals surface area contributed by atoms with E-state index < -0.39 is 17.9 Å². The highest BCUT2D eigenvalue weighted by Gasteiger charge is 2.24. The Morgan fingerprint density at radius 3 is 2.56 bits per heavy atom. The summed E-state index contributed by atoms with van der Waals surface area (Å²) in [6.07, 6.45) is -1.43. The second kappa shape index (κ2) is 4.68.